The molecule has 0 bridgehead atoms. The van der Waals surface area contributed by atoms with Crippen molar-refractivity contribution in [1.82, 2.24) is 15.3 Å². The van der Waals surface area contributed by atoms with E-state index >= 15 is 0 Å². The van der Waals surface area contributed by atoms with Gasteiger partial charge in [0.25, 0.3) is 0 Å². The first-order valence-corrected chi connectivity index (χ1v) is 6.95. The van der Waals surface area contributed by atoms with E-state index in [1.54, 1.807) is 0 Å². The molecule has 0 radical (unpaired) electrons. The van der Waals surface area contributed by atoms with Crippen LogP contribution in [-0.2, 0) is 10.2 Å². The van der Waals surface area contributed by atoms with Crippen LogP contribution in [0.3, 0.4) is 0 Å². The second-order valence-corrected chi connectivity index (χ2v) is 6.26. The third-order valence-electron chi connectivity index (χ3n) is 3.39. The highest BCUT2D eigenvalue weighted by molar-refractivity contribution is 5.82. The average Bonchev–Trinajstić information content (AvgIpc) is 2.55. The lowest BCUT2D eigenvalue weighted by atomic mass is 9.95. The maximum absolute atomic E-state index is 11.7. The quantitative estimate of drug-likeness (QED) is 0.799. The summed E-state index contributed by atoms with van der Waals surface area (Å²) in [6, 6.07) is 0. The monoisotopic (exact) mass is 277 g/mol. The van der Waals surface area contributed by atoms with Crippen LogP contribution in [-0.4, -0.2) is 35.5 Å². The van der Waals surface area contributed by atoms with Crippen LogP contribution in [0.1, 0.15) is 38.6 Å². The Bertz CT molecular complexity index is 521. The number of anilines is 2. The molecule has 20 heavy (non-hydrogen) atoms. The van der Waals surface area contributed by atoms with E-state index in [1.807, 2.05) is 11.8 Å². The zero-order chi connectivity index (χ0) is 14.9. The fourth-order valence-corrected chi connectivity index (χ4v) is 2.15. The normalized spacial score (nSPS) is 16.8. The van der Waals surface area contributed by atoms with E-state index < -0.39 is 0 Å². The van der Waals surface area contributed by atoms with E-state index in [1.165, 1.54) is 0 Å². The molecule has 0 spiro atoms. The number of nitrogens with zero attached hydrogens (tertiary/aromatic N) is 3. The van der Waals surface area contributed by atoms with Crippen LogP contribution in [0.4, 0.5) is 11.6 Å². The van der Waals surface area contributed by atoms with Crippen molar-refractivity contribution in [3.63, 3.8) is 0 Å². The number of nitrogens with two attached hydrogens (primary N) is 1. The molecule has 6 heteroatoms. The minimum atomic E-state index is -0.176. The molecule has 2 heterocycles. The summed E-state index contributed by atoms with van der Waals surface area (Å²) in [6.07, 6.45) is 0.903. The summed E-state index contributed by atoms with van der Waals surface area (Å²) in [5.74, 6) is 2.00. The highest BCUT2D eigenvalue weighted by Gasteiger charge is 2.24. The zero-order valence-corrected chi connectivity index (χ0v) is 12.7. The van der Waals surface area contributed by atoms with Gasteiger partial charge in [-0.25, -0.2) is 9.97 Å². The van der Waals surface area contributed by atoms with Gasteiger partial charge in [-0.1, -0.05) is 20.8 Å². The highest BCUT2D eigenvalue weighted by Crippen LogP contribution is 2.27. The third kappa shape index (κ3) is 3.00. The standard InChI is InChI=1S/C14H23N5O/c1-9-11(15)17-13(14(2,3)4)18-12(9)19-7-5-6-16-10(20)8-19/h5-8H2,1-4H3,(H,16,20)(H2,15,17,18). The molecule has 1 saturated heterocycles. The Morgan fingerprint density at radius 2 is 2.00 bits per heavy atom. The number of aromatic nitrogens is 2. The first kappa shape index (κ1) is 14.6. The van der Waals surface area contributed by atoms with Crippen LogP contribution in [0.2, 0.25) is 0 Å². The first-order chi connectivity index (χ1) is 9.29. The Morgan fingerprint density at radius 3 is 2.65 bits per heavy atom. The van der Waals surface area contributed by atoms with Gasteiger partial charge in [-0.05, 0) is 13.3 Å². The molecule has 0 saturated carbocycles. The van der Waals surface area contributed by atoms with E-state index in [-0.39, 0.29) is 11.3 Å². The summed E-state index contributed by atoms with van der Waals surface area (Å²) in [5, 5.41) is 2.87. The molecule has 1 fully saturated rings. The molecular formula is C14H23N5O. The molecule has 1 aliphatic rings. The van der Waals surface area contributed by atoms with Crippen molar-refractivity contribution in [3.05, 3.63) is 11.4 Å². The maximum atomic E-state index is 11.7. The van der Waals surface area contributed by atoms with E-state index in [0.29, 0.717) is 24.7 Å². The molecule has 0 aliphatic carbocycles. The summed E-state index contributed by atoms with van der Waals surface area (Å²) >= 11 is 0. The number of amides is 1. The van der Waals surface area contributed by atoms with Crippen molar-refractivity contribution >= 4 is 17.5 Å². The lowest BCUT2D eigenvalue weighted by Crippen LogP contribution is -2.34. The Labute approximate surface area is 119 Å². The van der Waals surface area contributed by atoms with E-state index in [0.717, 1.165) is 24.3 Å². The van der Waals surface area contributed by atoms with Gasteiger partial charge >= 0.3 is 0 Å². The van der Waals surface area contributed by atoms with Gasteiger partial charge in [-0.2, -0.15) is 0 Å². The predicted octanol–water partition coefficient (Wildman–Crippen LogP) is 0.991. The van der Waals surface area contributed by atoms with Gasteiger partial charge in [0.1, 0.15) is 17.5 Å². The SMILES string of the molecule is Cc1c(N)nc(C(C)(C)C)nc1N1CCCNC(=O)C1. The summed E-state index contributed by atoms with van der Waals surface area (Å²) in [5.41, 5.74) is 6.68. The summed E-state index contributed by atoms with van der Waals surface area (Å²) in [4.78, 5) is 22.7. The molecule has 0 atom stereocenters. The van der Waals surface area contributed by atoms with E-state index in [2.05, 4.69) is 36.1 Å². The second-order valence-electron chi connectivity index (χ2n) is 6.26. The molecule has 1 amide bonds. The highest BCUT2D eigenvalue weighted by atomic mass is 16.2. The maximum Gasteiger partial charge on any atom is 0.239 e. The van der Waals surface area contributed by atoms with Crippen molar-refractivity contribution in [2.45, 2.75) is 39.5 Å². The summed E-state index contributed by atoms with van der Waals surface area (Å²) in [6.45, 7) is 9.88. The third-order valence-corrected chi connectivity index (χ3v) is 3.39. The zero-order valence-electron chi connectivity index (χ0n) is 12.7. The molecule has 110 valence electrons. The van der Waals surface area contributed by atoms with Gasteiger partial charge in [-0.3, -0.25) is 4.79 Å². The lowest BCUT2D eigenvalue weighted by molar-refractivity contribution is -0.119. The van der Waals surface area contributed by atoms with Crippen LogP contribution >= 0.6 is 0 Å². The van der Waals surface area contributed by atoms with E-state index in [4.69, 9.17) is 5.73 Å². The number of carbonyl (C=O) groups excluding carboxylic acids is 1. The first-order valence-electron chi connectivity index (χ1n) is 6.95. The number of nitrogen functional groups attached to an aromatic ring is 1. The minimum Gasteiger partial charge on any atom is -0.383 e. The Hall–Kier alpha value is -1.85. The Balaban J connectivity index is 2.44. The Kier molecular flexibility index (Phi) is 3.83. The molecule has 2 rings (SSSR count). The fraction of sp³-hybridized carbons (Fsp3) is 0.643. The molecule has 1 aromatic heterocycles. The Morgan fingerprint density at radius 1 is 1.30 bits per heavy atom. The van der Waals surface area contributed by atoms with Crippen LogP contribution in [0.15, 0.2) is 0 Å². The second kappa shape index (κ2) is 5.26. The van der Waals surface area contributed by atoms with Gasteiger partial charge in [0.2, 0.25) is 5.91 Å². The molecule has 1 aliphatic heterocycles. The fourth-order valence-electron chi connectivity index (χ4n) is 2.15. The molecule has 0 unspecified atom stereocenters. The molecule has 0 aromatic carbocycles. The van der Waals surface area contributed by atoms with Crippen LogP contribution in [0.5, 0.6) is 0 Å². The average molecular weight is 277 g/mol. The van der Waals surface area contributed by atoms with Gasteiger partial charge in [0, 0.05) is 24.1 Å². The molecule has 3 N–H and O–H groups in total. The summed E-state index contributed by atoms with van der Waals surface area (Å²) < 4.78 is 0. The van der Waals surface area contributed by atoms with Crippen molar-refractivity contribution in [1.29, 1.82) is 0 Å². The van der Waals surface area contributed by atoms with Crippen LogP contribution in [0, 0.1) is 6.92 Å². The number of rotatable bonds is 1. The number of nitrogens with one attached hydrogen (secondary N) is 1. The van der Waals surface area contributed by atoms with Crippen LogP contribution in [0.25, 0.3) is 0 Å². The minimum absolute atomic E-state index is 0.0244. The molecular weight excluding hydrogens is 254 g/mol. The predicted molar refractivity (Wildman–Crippen MR) is 79.7 cm³/mol. The topological polar surface area (TPSA) is 84.1 Å². The van der Waals surface area contributed by atoms with Crippen molar-refractivity contribution in [2.24, 2.45) is 0 Å². The van der Waals surface area contributed by atoms with Gasteiger partial charge in [-0.15, -0.1) is 0 Å². The molecule has 1 aromatic rings. The lowest BCUT2D eigenvalue weighted by Gasteiger charge is -2.25. The number of hydrogen-bond donors (Lipinski definition) is 2. The van der Waals surface area contributed by atoms with Crippen molar-refractivity contribution < 1.29 is 4.79 Å². The molecule has 6 nitrogen and oxygen atoms in total. The van der Waals surface area contributed by atoms with Crippen molar-refractivity contribution in [3.8, 4) is 0 Å². The van der Waals surface area contributed by atoms with E-state index in [9.17, 15) is 4.79 Å². The number of carbonyl (C=O) groups is 1. The van der Waals surface area contributed by atoms with Crippen LogP contribution < -0.4 is 16.0 Å². The van der Waals surface area contributed by atoms with Crippen molar-refractivity contribution in [2.75, 3.05) is 30.3 Å². The smallest absolute Gasteiger partial charge is 0.239 e. The van der Waals surface area contributed by atoms with Gasteiger partial charge in [0.15, 0.2) is 0 Å². The number of hydrogen-bond acceptors (Lipinski definition) is 5. The van der Waals surface area contributed by atoms with Gasteiger partial charge in [0.05, 0.1) is 6.54 Å². The largest absolute Gasteiger partial charge is 0.383 e. The summed E-state index contributed by atoms with van der Waals surface area (Å²) in [7, 11) is 0. The van der Waals surface area contributed by atoms with Gasteiger partial charge < -0.3 is 16.0 Å².